The highest BCUT2D eigenvalue weighted by atomic mass is 35.5. The zero-order valence-corrected chi connectivity index (χ0v) is 14.7. The highest BCUT2D eigenvalue weighted by Gasteiger charge is 2.17. The van der Waals surface area contributed by atoms with Gasteiger partial charge in [-0.05, 0) is 31.0 Å². The van der Waals surface area contributed by atoms with Crippen LogP contribution in [0.15, 0.2) is 30.6 Å². The molecule has 0 bridgehead atoms. The molecular weight excluding hydrogens is 342 g/mol. The topological polar surface area (TPSA) is 79.3 Å². The first-order valence-corrected chi connectivity index (χ1v) is 8.53. The van der Waals surface area contributed by atoms with Crippen molar-refractivity contribution in [2.24, 2.45) is 0 Å². The predicted octanol–water partition coefficient (Wildman–Crippen LogP) is 2.13. The highest BCUT2D eigenvalue weighted by Crippen LogP contribution is 2.29. The van der Waals surface area contributed by atoms with Crippen LogP contribution in [0.5, 0.6) is 0 Å². The maximum absolute atomic E-state index is 12.4. The third kappa shape index (κ3) is 4.11. The molecule has 132 valence electrons. The van der Waals surface area contributed by atoms with Gasteiger partial charge in [0.1, 0.15) is 6.54 Å². The van der Waals surface area contributed by atoms with Gasteiger partial charge in [-0.1, -0.05) is 11.6 Å². The molecule has 8 heteroatoms. The fourth-order valence-corrected chi connectivity index (χ4v) is 3.11. The van der Waals surface area contributed by atoms with Crippen molar-refractivity contribution in [2.75, 3.05) is 30.4 Å². The largest absolute Gasteiger partial charge is 0.370 e. The summed E-state index contributed by atoms with van der Waals surface area (Å²) in [5.41, 5.74) is 1.97. The van der Waals surface area contributed by atoms with Crippen molar-refractivity contribution in [2.45, 2.75) is 19.4 Å². The van der Waals surface area contributed by atoms with Gasteiger partial charge in [0.25, 0.3) is 5.91 Å². The van der Waals surface area contributed by atoms with E-state index in [9.17, 15) is 9.59 Å². The summed E-state index contributed by atoms with van der Waals surface area (Å²) in [6.07, 6.45) is 5.44. The minimum Gasteiger partial charge on any atom is -0.370 e. The summed E-state index contributed by atoms with van der Waals surface area (Å²) >= 11 is 6.35. The van der Waals surface area contributed by atoms with Crippen molar-refractivity contribution in [3.05, 3.63) is 41.2 Å². The standard InChI is InChI=1S/C17H20ClN5O2/c1-19-16(24)11-23-10-13(9-20-23)21-17(25)12-4-5-15(14(18)8-12)22-6-2-3-7-22/h4-5,8-10H,2-3,6-7,11H2,1H3,(H,19,24)(H,21,25). The molecule has 1 aliphatic heterocycles. The van der Waals surface area contributed by atoms with Gasteiger partial charge in [-0.25, -0.2) is 0 Å². The van der Waals surface area contributed by atoms with Gasteiger partial charge in [-0.15, -0.1) is 0 Å². The fourth-order valence-electron chi connectivity index (χ4n) is 2.81. The van der Waals surface area contributed by atoms with E-state index in [2.05, 4.69) is 20.6 Å². The molecule has 2 amide bonds. The van der Waals surface area contributed by atoms with Gasteiger partial charge in [-0.3, -0.25) is 14.3 Å². The van der Waals surface area contributed by atoms with E-state index >= 15 is 0 Å². The number of benzene rings is 1. The summed E-state index contributed by atoms with van der Waals surface area (Å²) in [6, 6.07) is 5.33. The van der Waals surface area contributed by atoms with Crippen molar-refractivity contribution in [3.63, 3.8) is 0 Å². The number of likely N-dealkylation sites (N-methyl/N-ethyl adjacent to an activating group) is 1. The molecular formula is C17H20ClN5O2. The Kier molecular flexibility index (Phi) is 5.23. The second kappa shape index (κ2) is 7.57. The molecule has 1 saturated heterocycles. The number of halogens is 1. The normalized spacial score (nSPS) is 13.8. The van der Waals surface area contributed by atoms with E-state index in [0.29, 0.717) is 16.3 Å². The van der Waals surface area contributed by atoms with Crippen LogP contribution in [0.25, 0.3) is 0 Å². The molecule has 3 rings (SSSR count). The van der Waals surface area contributed by atoms with Crippen LogP contribution in [0.2, 0.25) is 5.02 Å². The molecule has 2 N–H and O–H groups in total. The summed E-state index contributed by atoms with van der Waals surface area (Å²) < 4.78 is 1.46. The maximum Gasteiger partial charge on any atom is 0.255 e. The van der Waals surface area contributed by atoms with Crippen LogP contribution in [0, 0.1) is 0 Å². The van der Waals surface area contributed by atoms with E-state index in [1.807, 2.05) is 6.07 Å². The average molecular weight is 362 g/mol. The number of anilines is 2. The molecule has 0 radical (unpaired) electrons. The van der Waals surface area contributed by atoms with E-state index in [4.69, 9.17) is 11.6 Å². The number of rotatable bonds is 5. The molecule has 0 aliphatic carbocycles. The SMILES string of the molecule is CNC(=O)Cn1cc(NC(=O)c2ccc(N3CCCC3)c(Cl)c2)cn1. The van der Waals surface area contributed by atoms with Crippen LogP contribution in [0.4, 0.5) is 11.4 Å². The smallest absolute Gasteiger partial charge is 0.255 e. The lowest BCUT2D eigenvalue weighted by Gasteiger charge is -2.19. The zero-order valence-electron chi connectivity index (χ0n) is 14.0. The first kappa shape index (κ1) is 17.3. The van der Waals surface area contributed by atoms with Gasteiger partial charge >= 0.3 is 0 Å². The Bertz CT molecular complexity index is 783. The van der Waals surface area contributed by atoms with Gasteiger partial charge in [0, 0.05) is 31.9 Å². The monoisotopic (exact) mass is 361 g/mol. The summed E-state index contributed by atoms with van der Waals surface area (Å²) in [4.78, 5) is 26.0. The van der Waals surface area contributed by atoms with Crippen molar-refractivity contribution >= 4 is 34.8 Å². The number of nitrogens with zero attached hydrogens (tertiary/aromatic N) is 3. The molecule has 7 nitrogen and oxygen atoms in total. The van der Waals surface area contributed by atoms with E-state index < -0.39 is 0 Å². The summed E-state index contributed by atoms with van der Waals surface area (Å²) in [7, 11) is 1.56. The van der Waals surface area contributed by atoms with Gasteiger partial charge in [0.05, 0.1) is 22.6 Å². The lowest BCUT2D eigenvalue weighted by molar-refractivity contribution is -0.121. The minimum absolute atomic E-state index is 0.0999. The Hall–Kier alpha value is -2.54. The van der Waals surface area contributed by atoms with E-state index in [-0.39, 0.29) is 18.4 Å². The van der Waals surface area contributed by atoms with Gasteiger partial charge in [-0.2, -0.15) is 5.10 Å². The Labute approximate surface area is 150 Å². The highest BCUT2D eigenvalue weighted by molar-refractivity contribution is 6.33. The van der Waals surface area contributed by atoms with Gasteiger partial charge in [0.2, 0.25) is 5.91 Å². The van der Waals surface area contributed by atoms with E-state index in [1.54, 1.807) is 25.4 Å². The molecule has 25 heavy (non-hydrogen) atoms. The third-order valence-corrected chi connectivity index (χ3v) is 4.43. The van der Waals surface area contributed by atoms with Crippen molar-refractivity contribution in [1.29, 1.82) is 0 Å². The van der Waals surface area contributed by atoms with Crippen LogP contribution in [0.3, 0.4) is 0 Å². The Morgan fingerprint density at radius 1 is 1.28 bits per heavy atom. The van der Waals surface area contributed by atoms with Crippen molar-refractivity contribution < 1.29 is 9.59 Å². The molecule has 1 aliphatic rings. The molecule has 0 unspecified atom stereocenters. The molecule has 1 aromatic carbocycles. The van der Waals surface area contributed by atoms with Crippen LogP contribution in [0.1, 0.15) is 23.2 Å². The molecule has 1 fully saturated rings. The predicted molar refractivity (Wildman–Crippen MR) is 97.1 cm³/mol. The molecule has 1 aromatic heterocycles. The number of hydrogen-bond donors (Lipinski definition) is 2. The Morgan fingerprint density at radius 3 is 2.72 bits per heavy atom. The number of amides is 2. The quantitative estimate of drug-likeness (QED) is 0.855. The molecule has 0 saturated carbocycles. The third-order valence-electron chi connectivity index (χ3n) is 4.13. The number of nitrogens with one attached hydrogen (secondary N) is 2. The van der Waals surface area contributed by atoms with Gasteiger partial charge in [0.15, 0.2) is 0 Å². The number of carbonyl (C=O) groups is 2. The van der Waals surface area contributed by atoms with Crippen molar-refractivity contribution in [3.8, 4) is 0 Å². The van der Waals surface area contributed by atoms with Crippen molar-refractivity contribution in [1.82, 2.24) is 15.1 Å². The molecule has 2 heterocycles. The van der Waals surface area contributed by atoms with Crippen LogP contribution in [-0.2, 0) is 11.3 Å². The molecule has 2 aromatic rings. The van der Waals surface area contributed by atoms with Crippen LogP contribution in [-0.4, -0.2) is 41.7 Å². The Morgan fingerprint density at radius 2 is 2.04 bits per heavy atom. The summed E-state index contributed by atoms with van der Waals surface area (Å²) in [5.74, 6) is -0.431. The van der Waals surface area contributed by atoms with Crippen LogP contribution < -0.4 is 15.5 Å². The second-order valence-electron chi connectivity index (χ2n) is 5.91. The molecule has 0 atom stereocenters. The number of hydrogen-bond acceptors (Lipinski definition) is 4. The minimum atomic E-state index is -0.269. The van der Waals surface area contributed by atoms with E-state index in [0.717, 1.165) is 18.8 Å². The average Bonchev–Trinajstić information content (AvgIpc) is 3.26. The first-order valence-electron chi connectivity index (χ1n) is 8.15. The summed E-state index contributed by atoms with van der Waals surface area (Å²) in [5, 5.41) is 9.90. The number of aromatic nitrogens is 2. The fraction of sp³-hybridized carbons (Fsp3) is 0.353. The summed E-state index contributed by atoms with van der Waals surface area (Å²) in [6.45, 7) is 2.09. The van der Waals surface area contributed by atoms with Gasteiger partial charge < -0.3 is 15.5 Å². The molecule has 0 spiro atoms. The Balaban J connectivity index is 1.67. The lowest BCUT2D eigenvalue weighted by Crippen LogP contribution is -2.23. The van der Waals surface area contributed by atoms with Crippen LogP contribution >= 0.6 is 11.6 Å². The lowest BCUT2D eigenvalue weighted by atomic mass is 10.2. The maximum atomic E-state index is 12.4. The second-order valence-corrected chi connectivity index (χ2v) is 6.32. The zero-order chi connectivity index (χ0) is 17.8. The number of carbonyl (C=O) groups excluding carboxylic acids is 2. The van der Waals surface area contributed by atoms with E-state index in [1.165, 1.54) is 23.7 Å². The first-order chi connectivity index (χ1) is 12.1.